The van der Waals surface area contributed by atoms with Gasteiger partial charge in [-0.15, -0.1) is 0 Å². The van der Waals surface area contributed by atoms with Gasteiger partial charge in [0, 0.05) is 6.54 Å². The number of aromatic nitrogens is 2. The molecule has 0 spiro atoms. The van der Waals surface area contributed by atoms with Gasteiger partial charge in [0.15, 0.2) is 0 Å². The van der Waals surface area contributed by atoms with Gasteiger partial charge in [0.1, 0.15) is 11.6 Å². The number of imidazole rings is 1. The Kier molecular flexibility index (Phi) is 3.28. The highest BCUT2D eigenvalue weighted by Crippen LogP contribution is 2.18. The molecule has 0 saturated carbocycles. The van der Waals surface area contributed by atoms with E-state index in [-0.39, 0.29) is 10.8 Å². The second-order valence-corrected chi connectivity index (χ2v) is 4.76. The molecule has 0 unspecified atom stereocenters. The minimum absolute atomic E-state index is 0.0796. The molecule has 20 heavy (non-hydrogen) atoms. The predicted molar refractivity (Wildman–Crippen MR) is 74.8 cm³/mol. The van der Waals surface area contributed by atoms with Crippen molar-refractivity contribution in [2.24, 2.45) is 0 Å². The average molecular weight is 294 g/mol. The molecule has 0 fully saturated rings. The number of hydrogen-bond acceptors (Lipinski definition) is 2. The van der Waals surface area contributed by atoms with Crippen LogP contribution in [-0.4, -0.2) is 9.97 Å². The zero-order chi connectivity index (χ0) is 14.1. The van der Waals surface area contributed by atoms with Gasteiger partial charge < -0.3 is 10.3 Å². The van der Waals surface area contributed by atoms with Crippen LogP contribution in [0.5, 0.6) is 0 Å². The van der Waals surface area contributed by atoms with E-state index in [0.717, 1.165) is 5.56 Å². The molecular weight excluding hydrogens is 284 g/mol. The van der Waals surface area contributed by atoms with E-state index in [2.05, 4.69) is 15.3 Å². The van der Waals surface area contributed by atoms with Gasteiger partial charge in [0.2, 0.25) is 5.95 Å². The van der Waals surface area contributed by atoms with Crippen molar-refractivity contribution in [1.29, 1.82) is 0 Å². The Bertz CT molecular complexity index is 770. The third-order valence-corrected chi connectivity index (χ3v) is 3.18. The Morgan fingerprint density at radius 2 is 2.00 bits per heavy atom. The summed E-state index contributed by atoms with van der Waals surface area (Å²) >= 11 is 5.71. The zero-order valence-electron chi connectivity index (χ0n) is 10.3. The highest BCUT2D eigenvalue weighted by Gasteiger charge is 2.05. The quantitative estimate of drug-likeness (QED) is 0.763. The van der Waals surface area contributed by atoms with Crippen LogP contribution in [0.2, 0.25) is 5.02 Å². The molecule has 0 amide bonds. The van der Waals surface area contributed by atoms with Crippen LogP contribution in [0.25, 0.3) is 11.0 Å². The van der Waals surface area contributed by atoms with Crippen LogP contribution in [-0.2, 0) is 6.54 Å². The van der Waals surface area contributed by atoms with Crippen LogP contribution >= 0.6 is 11.6 Å². The molecule has 1 heterocycles. The lowest BCUT2D eigenvalue weighted by Gasteiger charge is -2.03. The van der Waals surface area contributed by atoms with Gasteiger partial charge in [-0.25, -0.2) is 13.8 Å². The molecule has 0 aliphatic heterocycles. The Labute approximate surface area is 118 Å². The maximum Gasteiger partial charge on any atom is 0.201 e. The fourth-order valence-corrected chi connectivity index (χ4v) is 2.10. The lowest BCUT2D eigenvalue weighted by molar-refractivity contribution is 0.627. The Balaban J connectivity index is 1.77. The minimum Gasteiger partial charge on any atom is -0.352 e. The first-order valence-corrected chi connectivity index (χ1v) is 6.33. The molecule has 0 atom stereocenters. The summed E-state index contributed by atoms with van der Waals surface area (Å²) in [6, 6.07) is 8.83. The van der Waals surface area contributed by atoms with E-state index in [1.165, 1.54) is 18.2 Å². The maximum atomic E-state index is 13.1. The van der Waals surface area contributed by atoms with Crippen molar-refractivity contribution < 1.29 is 8.78 Å². The summed E-state index contributed by atoms with van der Waals surface area (Å²) in [5.74, 6) is -0.251. The molecule has 0 saturated heterocycles. The molecule has 0 radical (unpaired) electrons. The van der Waals surface area contributed by atoms with Gasteiger partial charge in [-0.05, 0) is 35.9 Å². The lowest BCUT2D eigenvalue weighted by Crippen LogP contribution is -2.01. The average Bonchev–Trinajstić information content (AvgIpc) is 2.82. The van der Waals surface area contributed by atoms with E-state index < -0.39 is 5.82 Å². The summed E-state index contributed by atoms with van der Waals surface area (Å²) in [6.45, 7) is 0.433. The Hall–Kier alpha value is -2.14. The Morgan fingerprint density at radius 3 is 2.80 bits per heavy atom. The van der Waals surface area contributed by atoms with Crippen molar-refractivity contribution in [2.45, 2.75) is 6.54 Å². The van der Waals surface area contributed by atoms with Gasteiger partial charge in [-0.2, -0.15) is 0 Å². The first-order valence-electron chi connectivity index (χ1n) is 5.95. The molecule has 0 bridgehead atoms. The first-order chi connectivity index (χ1) is 9.61. The molecule has 0 aliphatic carbocycles. The minimum atomic E-state index is -0.449. The number of hydrogen-bond donors (Lipinski definition) is 2. The monoisotopic (exact) mass is 293 g/mol. The summed E-state index contributed by atoms with van der Waals surface area (Å²) in [4.78, 5) is 7.23. The SMILES string of the molecule is Fc1ccc2nc(NCc3ccc(F)c(Cl)c3)[nH]c2c1. The van der Waals surface area contributed by atoms with Crippen molar-refractivity contribution in [1.82, 2.24) is 9.97 Å². The molecule has 3 nitrogen and oxygen atoms in total. The molecule has 0 aliphatic rings. The van der Waals surface area contributed by atoms with E-state index in [0.29, 0.717) is 23.5 Å². The summed E-state index contributed by atoms with van der Waals surface area (Å²) in [6.07, 6.45) is 0. The molecule has 102 valence electrons. The number of fused-ring (bicyclic) bond motifs is 1. The van der Waals surface area contributed by atoms with Crippen LogP contribution in [0.15, 0.2) is 36.4 Å². The summed E-state index contributed by atoms with van der Waals surface area (Å²) in [5, 5.41) is 3.13. The number of halogens is 3. The van der Waals surface area contributed by atoms with Gasteiger partial charge in [-0.3, -0.25) is 0 Å². The summed E-state index contributed by atoms with van der Waals surface area (Å²) in [5.41, 5.74) is 2.11. The van der Waals surface area contributed by atoms with Crippen LogP contribution in [0, 0.1) is 11.6 Å². The molecule has 3 aromatic rings. The first kappa shape index (κ1) is 12.9. The molecule has 6 heteroatoms. The molecule has 2 aromatic carbocycles. The smallest absolute Gasteiger partial charge is 0.201 e. The number of nitrogens with one attached hydrogen (secondary N) is 2. The number of benzene rings is 2. The van der Waals surface area contributed by atoms with Gasteiger partial charge >= 0.3 is 0 Å². The number of anilines is 1. The second kappa shape index (κ2) is 5.09. The number of rotatable bonds is 3. The van der Waals surface area contributed by atoms with E-state index in [4.69, 9.17) is 11.6 Å². The van der Waals surface area contributed by atoms with Crippen LogP contribution in [0.3, 0.4) is 0 Å². The third kappa shape index (κ3) is 2.58. The van der Waals surface area contributed by atoms with E-state index >= 15 is 0 Å². The normalized spacial score (nSPS) is 10.9. The van der Waals surface area contributed by atoms with Gasteiger partial charge in [0.25, 0.3) is 0 Å². The second-order valence-electron chi connectivity index (χ2n) is 4.35. The molecular formula is C14H10ClF2N3. The number of nitrogens with zero attached hydrogens (tertiary/aromatic N) is 1. The van der Waals surface area contributed by atoms with Crippen molar-refractivity contribution in [3.8, 4) is 0 Å². The summed E-state index contributed by atoms with van der Waals surface area (Å²) < 4.78 is 26.1. The fraction of sp³-hybridized carbons (Fsp3) is 0.0714. The van der Waals surface area contributed by atoms with Gasteiger partial charge in [-0.1, -0.05) is 17.7 Å². The highest BCUT2D eigenvalue weighted by molar-refractivity contribution is 6.30. The van der Waals surface area contributed by atoms with Crippen LogP contribution in [0.1, 0.15) is 5.56 Å². The Morgan fingerprint density at radius 1 is 1.15 bits per heavy atom. The maximum absolute atomic E-state index is 13.1. The standard InChI is InChI=1S/C14H10ClF2N3/c15-10-5-8(1-3-11(10)17)7-18-14-19-12-4-2-9(16)6-13(12)20-14/h1-6H,7H2,(H2,18,19,20). The van der Waals surface area contributed by atoms with Crippen LogP contribution < -0.4 is 5.32 Å². The predicted octanol–water partition coefficient (Wildman–Crippen LogP) is 4.11. The third-order valence-electron chi connectivity index (χ3n) is 2.89. The molecule has 3 rings (SSSR count). The van der Waals surface area contributed by atoms with Gasteiger partial charge in [0.05, 0.1) is 16.1 Å². The molecule has 1 aromatic heterocycles. The summed E-state index contributed by atoms with van der Waals surface area (Å²) in [7, 11) is 0. The zero-order valence-corrected chi connectivity index (χ0v) is 11.0. The topological polar surface area (TPSA) is 40.7 Å². The van der Waals surface area contributed by atoms with E-state index in [1.54, 1.807) is 18.2 Å². The van der Waals surface area contributed by atoms with Crippen molar-refractivity contribution in [3.05, 3.63) is 58.6 Å². The van der Waals surface area contributed by atoms with Crippen molar-refractivity contribution >= 4 is 28.6 Å². The molecule has 2 N–H and O–H groups in total. The number of aromatic amines is 1. The highest BCUT2D eigenvalue weighted by atomic mass is 35.5. The van der Waals surface area contributed by atoms with Crippen molar-refractivity contribution in [2.75, 3.05) is 5.32 Å². The van der Waals surface area contributed by atoms with E-state index in [9.17, 15) is 8.78 Å². The lowest BCUT2D eigenvalue weighted by atomic mass is 10.2. The van der Waals surface area contributed by atoms with E-state index in [1.807, 2.05) is 0 Å². The number of H-pyrrole nitrogens is 1. The largest absolute Gasteiger partial charge is 0.352 e. The van der Waals surface area contributed by atoms with Crippen LogP contribution in [0.4, 0.5) is 14.7 Å². The fourth-order valence-electron chi connectivity index (χ4n) is 1.90. The van der Waals surface area contributed by atoms with Crippen molar-refractivity contribution in [3.63, 3.8) is 0 Å².